The number of Topliss-reactive ketones (excluding diaryl/α,β-unsaturated/α-hetero) is 1. The highest BCUT2D eigenvalue weighted by Gasteiger charge is 2.23. The van der Waals surface area contributed by atoms with Crippen molar-refractivity contribution in [2.75, 3.05) is 20.1 Å². The van der Waals surface area contributed by atoms with E-state index in [1.54, 1.807) is 0 Å². The van der Waals surface area contributed by atoms with E-state index < -0.39 is 0 Å². The average molecular weight is 170 g/mol. The van der Waals surface area contributed by atoms with Gasteiger partial charge in [0.05, 0.1) is 13.1 Å². The first kappa shape index (κ1) is 11.2. The predicted octanol–water partition coefficient (Wildman–Crippen LogP) is 1.28. The highest BCUT2D eigenvalue weighted by molar-refractivity contribution is 5.84. The Kier molecular flexibility index (Phi) is 4.59. The van der Waals surface area contributed by atoms with Crippen molar-refractivity contribution in [3.05, 3.63) is 12.3 Å². The maximum absolute atomic E-state index is 10.8. The molecule has 70 valence electrons. The van der Waals surface area contributed by atoms with Crippen LogP contribution in [-0.4, -0.2) is 35.9 Å². The molecule has 0 aromatic carbocycles. The van der Waals surface area contributed by atoms with Crippen molar-refractivity contribution in [2.45, 2.75) is 20.8 Å². The SMILES string of the molecule is C=C(C)N1CC(=O)CN1C.CC. The summed E-state index contributed by atoms with van der Waals surface area (Å²) < 4.78 is 0. The van der Waals surface area contributed by atoms with Crippen LogP contribution in [0.5, 0.6) is 0 Å². The Balaban J connectivity index is 0.000000561. The summed E-state index contributed by atoms with van der Waals surface area (Å²) in [5.74, 6) is 0.255. The molecule has 1 saturated heterocycles. The minimum Gasteiger partial charge on any atom is -0.303 e. The summed E-state index contributed by atoms with van der Waals surface area (Å²) in [4.78, 5) is 10.8. The Morgan fingerprint density at radius 1 is 1.42 bits per heavy atom. The molecule has 0 saturated carbocycles. The van der Waals surface area contributed by atoms with E-state index in [1.807, 2.05) is 37.8 Å². The van der Waals surface area contributed by atoms with Crippen molar-refractivity contribution in [1.29, 1.82) is 0 Å². The molecule has 1 fully saturated rings. The molecule has 0 amide bonds. The van der Waals surface area contributed by atoms with Crippen LogP contribution in [0.15, 0.2) is 12.3 Å². The zero-order chi connectivity index (χ0) is 9.72. The molecule has 0 radical (unpaired) electrons. The monoisotopic (exact) mass is 170 g/mol. The second-order valence-corrected chi connectivity index (χ2v) is 2.65. The normalized spacial score (nSPS) is 17.3. The van der Waals surface area contributed by atoms with E-state index in [-0.39, 0.29) is 5.78 Å². The summed E-state index contributed by atoms with van der Waals surface area (Å²) in [5, 5.41) is 3.76. The van der Waals surface area contributed by atoms with Crippen LogP contribution in [0.2, 0.25) is 0 Å². The number of likely N-dealkylation sites (N-methyl/N-ethyl adjacent to an activating group) is 1. The fraction of sp³-hybridized carbons (Fsp3) is 0.667. The molecule has 0 aromatic rings. The van der Waals surface area contributed by atoms with Gasteiger partial charge in [0.1, 0.15) is 0 Å². The topological polar surface area (TPSA) is 23.6 Å². The van der Waals surface area contributed by atoms with Crippen LogP contribution < -0.4 is 0 Å². The van der Waals surface area contributed by atoms with Crippen molar-refractivity contribution in [1.82, 2.24) is 10.0 Å². The number of hydrogen-bond acceptors (Lipinski definition) is 3. The van der Waals surface area contributed by atoms with Crippen molar-refractivity contribution >= 4 is 5.78 Å². The zero-order valence-electron chi connectivity index (χ0n) is 8.42. The fourth-order valence-corrected chi connectivity index (χ4v) is 1.10. The number of hydrogen-bond donors (Lipinski definition) is 0. The summed E-state index contributed by atoms with van der Waals surface area (Å²) in [6.45, 7) is 10.7. The zero-order valence-corrected chi connectivity index (χ0v) is 8.42. The van der Waals surface area contributed by atoms with Gasteiger partial charge < -0.3 is 5.01 Å². The molecule has 0 unspecified atom stereocenters. The molecule has 1 aliphatic rings. The lowest BCUT2D eigenvalue weighted by molar-refractivity contribution is -0.116. The smallest absolute Gasteiger partial charge is 0.169 e. The van der Waals surface area contributed by atoms with E-state index in [4.69, 9.17) is 0 Å². The molecule has 0 bridgehead atoms. The van der Waals surface area contributed by atoms with E-state index >= 15 is 0 Å². The molecular weight excluding hydrogens is 152 g/mol. The number of rotatable bonds is 1. The quantitative estimate of drug-likeness (QED) is 0.592. The van der Waals surface area contributed by atoms with Crippen LogP contribution in [0.1, 0.15) is 20.8 Å². The van der Waals surface area contributed by atoms with Crippen LogP contribution in [-0.2, 0) is 4.79 Å². The van der Waals surface area contributed by atoms with Crippen LogP contribution in [0.4, 0.5) is 0 Å². The van der Waals surface area contributed by atoms with E-state index in [2.05, 4.69) is 6.58 Å². The van der Waals surface area contributed by atoms with Crippen molar-refractivity contribution in [2.24, 2.45) is 0 Å². The van der Waals surface area contributed by atoms with E-state index in [9.17, 15) is 4.79 Å². The Morgan fingerprint density at radius 3 is 2.08 bits per heavy atom. The number of allylic oxidation sites excluding steroid dienone is 1. The summed E-state index contributed by atoms with van der Waals surface area (Å²) in [6, 6.07) is 0. The number of hydrazine groups is 1. The lowest BCUT2D eigenvalue weighted by Gasteiger charge is -2.24. The minimum absolute atomic E-state index is 0.255. The van der Waals surface area contributed by atoms with Gasteiger partial charge in [0.2, 0.25) is 0 Å². The first-order valence-corrected chi connectivity index (χ1v) is 4.27. The number of carbonyl (C=O) groups excluding carboxylic acids is 1. The third-order valence-corrected chi connectivity index (χ3v) is 1.58. The summed E-state index contributed by atoms with van der Waals surface area (Å²) in [6.07, 6.45) is 0. The van der Waals surface area contributed by atoms with Gasteiger partial charge in [-0.3, -0.25) is 4.79 Å². The lowest BCUT2D eigenvalue weighted by Crippen LogP contribution is -2.30. The number of carbonyl (C=O) groups is 1. The van der Waals surface area contributed by atoms with Gasteiger partial charge in [-0.05, 0) is 6.92 Å². The molecule has 3 nitrogen and oxygen atoms in total. The maximum Gasteiger partial charge on any atom is 0.169 e. The number of ketones is 1. The molecule has 0 atom stereocenters. The van der Waals surface area contributed by atoms with Gasteiger partial charge in [-0.2, -0.15) is 0 Å². The first-order chi connectivity index (χ1) is 5.61. The Bertz CT molecular complexity index is 177. The van der Waals surface area contributed by atoms with Crippen LogP contribution in [0.3, 0.4) is 0 Å². The summed E-state index contributed by atoms with van der Waals surface area (Å²) >= 11 is 0. The van der Waals surface area contributed by atoms with Gasteiger partial charge in [0, 0.05) is 12.7 Å². The second-order valence-electron chi connectivity index (χ2n) is 2.65. The molecule has 0 aliphatic carbocycles. The molecule has 1 aliphatic heterocycles. The van der Waals surface area contributed by atoms with Crippen LogP contribution >= 0.6 is 0 Å². The number of nitrogens with zero attached hydrogens (tertiary/aromatic N) is 2. The van der Waals surface area contributed by atoms with Gasteiger partial charge in [-0.1, -0.05) is 20.4 Å². The Labute approximate surface area is 74.6 Å². The van der Waals surface area contributed by atoms with Crippen molar-refractivity contribution in [3.63, 3.8) is 0 Å². The van der Waals surface area contributed by atoms with Crippen molar-refractivity contribution < 1.29 is 4.79 Å². The van der Waals surface area contributed by atoms with Gasteiger partial charge in [-0.25, -0.2) is 5.01 Å². The molecule has 12 heavy (non-hydrogen) atoms. The molecule has 1 heterocycles. The summed E-state index contributed by atoms with van der Waals surface area (Å²) in [5.41, 5.74) is 0.924. The lowest BCUT2D eigenvalue weighted by atomic mass is 10.4. The highest BCUT2D eigenvalue weighted by atomic mass is 16.1. The summed E-state index contributed by atoms with van der Waals surface area (Å²) in [7, 11) is 1.89. The standard InChI is InChI=1S/C7H12N2O.C2H6/c1-6(2)9-5-7(10)4-8(9)3;1-2/h1,4-5H2,2-3H3;1-2H3. The third kappa shape index (κ3) is 2.66. The van der Waals surface area contributed by atoms with Gasteiger partial charge in [0.15, 0.2) is 5.78 Å². The largest absolute Gasteiger partial charge is 0.303 e. The molecule has 0 aromatic heterocycles. The molecule has 0 N–H and O–H groups in total. The predicted molar refractivity (Wildman–Crippen MR) is 50.5 cm³/mol. The van der Waals surface area contributed by atoms with Gasteiger partial charge in [0.25, 0.3) is 0 Å². The third-order valence-electron chi connectivity index (χ3n) is 1.58. The fourth-order valence-electron chi connectivity index (χ4n) is 1.10. The molecule has 1 rings (SSSR count). The Morgan fingerprint density at radius 2 is 1.92 bits per heavy atom. The van der Waals surface area contributed by atoms with Gasteiger partial charge in [-0.15, -0.1) is 0 Å². The average Bonchev–Trinajstić information content (AvgIpc) is 2.34. The van der Waals surface area contributed by atoms with Crippen LogP contribution in [0.25, 0.3) is 0 Å². The maximum atomic E-state index is 10.8. The Hall–Kier alpha value is -0.830. The van der Waals surface area contributed by atoms with E-state index in [0.717, 1.165) is 5.70 Å². The molecule has 3 heteroatoms. The second kappa shape index (κ2) is 4.93. The highest BCUT2D eigenvalue weighted by Crippen LogP contribution is 2.09. The van der Waals surface area contributed by atoms with E-state index in [1.165, 1.54) is 0 Å². The first-order valence-electron chi connectivity index (χ1n) is 4.27. The minimum atomic E-state index is 0.255. The van der Waals surface area contributed by atoms with E-state index in [0.29, 0.717) is 13.1 Å². The molecular formula is C9H18N2O. The molecule has 0 spiro atoms. The van der Waals surface area contributed by atoms with Crippen molar-refractivity contribution in [3.8, 4) is 0 Å². The van der Waals surface area contributed by atoms with Gasteiger partial charge >= 0.3 is 0 Å². The van der Waals surface area contributed by atoms with Crippen LogP contribution in [0, 0.1) is 0 Å².